The van der Waals surface area contributed by atoms with E-state index >= 15 is 0 Å². The van der Waals surface area contributed by atoms with Crippen LogP contribution in [0.1, 0.15) is 0 Å². The van der Waals surface area contributed by atoms with E-state index in [2.05, 4.69) is 54.6 Å². The van der Waals surface area contributed by atoms with Crippen molar-refractivity contribution < 1.29 is 4.84 Å². The molecular formula is C20H13NOS. The van der Waals surface area contributed by atoms with E-state index in [0.29, 0.717) is 5.75 Å². The van der Waals surface area contributed by atoms with Crippen molar-refractivity contribution in [1.82, 2.24) is 0 Å². The Hall–Kier alpha value is -2.62. The number of benzene rings is 4. The van der Waals surface area contributed by atoms with E-state index in [9.17, 15) is 0 Å². The molecule has 0 bridgehead atoms. The van der Waals surface area contributed by atoms with Crippen molar-refractivity contribution in [1.29, 1.82) is 0 Å². The Balaban J connectivity index is 1.96. The molecule has 23 heavy (non-hydrogen) atoms. The van der Waals surface area contributed by atoms with Crippen molar-refractivity contribution in [3.8, 4) is 5.75 Å². The summed E-state index contributed by atoms with van der Waals surface area (Å²) in [4.78, 5) is 4.89. The fourth-order valence-corrected chi connectivity index (χ4v) is 4.51. The fraction of sp³-hybridized carbons (Fsp3) is 0. The van der Waals surface area contributed by atoms with Gasteiger partial charge in [0.15, 0.2) is 0 Å². The minimum absolute atomic E-state index is 0.691. The third-order valence-corrected chi connectivity index (χ3v) is 5.65. The van der Waals surface area contributed by atoms with Crippen LogP contribution >= 0.6 is 11.3 Å². The molecule has 0 atom stereocenters. The van der Waals surface area contributed by atoms with Gasteiger partial charge in [-0.1, -0.05) is 36.4 Å². The minimum atomic E-state index is 0.691. The highest BCUT2D eigenvalue weighted by Gasteiger charge is 2.10. The first kappa shape index (κ1) is 12.9. The molecule has 0 amide bonds. The molecule has 2 nitrogen and oxygen atoms in total. The van der Waals surface area contributed by atoms with Crippen molar-refractivity contribution in [2.45, 2.75) is 0 Å². The lowest BCUT2D eigenvalue weighted by Crippen LogP contribution is -2.00. The maximum absolute atomic E-state index is 5.31. The van der Waals surface area contributed by atoms with E-state index in [1.165, 1.54) is 41.7 Å². The SMILES string of the molecule is NOc1ccc2sc3c4cc5ccccc5cc4ccc3c2c1. The van der Waals surface area contributed by atoms with Crippen LogP contribution in [0, 0.1) is 0 Å². The normalized spacial score (nSPS) is 11.7. The average molecular weight is 315 g/mol. The van der Waals surface area contributed by atoms with E-state index in [0.717, 1.165) is 0 Å². The van der Waals surface area contributed by atoms with E-state index in [1.54, 1.807) is 0 Å². The van der Waals surface area contributed by atoms with Gasteiger partial charge in [-0.3, -0.25) is 0 Å². The highest BCUT2D eigenvalue weighted by molar-refractivity contribution is 7.26. The summed E-state index contributed by atoms with van der Waals surface area (Å²) in [6, 6.07) is 23.5. The Morgan fingerprint density at radius 2 is 1.52 bits per heavy atom. The van der Waals surface area contributed by atoms with Crippen LogP contribution in [0.2, 0.25) is 0 Å². The van der Waals surface area contributed by atoms with Crippen molar-refractivity contribution in [3.05, 3.63) is 66.7 Å². The van der Waals surface area contributed by atoms with Gasteiger partial charge in [-0.2, -0.15) is 5.90 Å². The molecule has 0 unspecified atom stereocenters. The van der Waals surface area contributed by atoms with Crippen LogP contribution < -0.4 is 10.7 Å². The first-order valence-corrected chi connectivity index (χ1v) is 8.30. The van der Waals surface area contributed by atoms with Gasteiger partial charge in [0.1, 0.15) is 5.75 Å². The highest BCUT2D eigenvalue weighted by Crippen LogP contribution is 2.40. The second kappa shape index (κ2) is 4.69. The summed E-state index contributed by atoms with van der Waals surface area (Å²) in [5, 5.41) is 7.58. The molecule has 0 fully saturated rings. The lowest BCUT2D eigenvalue weighted by Gasteiger charge is -2.03. The predicted octanol–water partition coefficient (Wildman–Crippen LogP) is 5.61. The highest BCUT2D eigenvalue weighted by atomic mass is 32.1. The van der Waals surface area contributed by atoms with Crippen molar-refractivity contribution in [2.24, 2.45) is 5.90 Å². The van der Waals surface area contributed by atoms with Crippen molar-refractivity contribution >= 4 is 53.1 Å². The number of hydrogen-bond donors (Lipinski definition) is 1. The summed E-state index contributed by atoms with van der Waals surface area (Å²) in [5.41, 5.74) is 0. The molecule has 2 N–H and O–H groups in total. The Bertz CT molecular complexity index is 1210. The minimum Gasteiger partial charge on any atom is -0.412 e. The average Bonchev–Trinajstić information content (AvgIpc) is 2.98. The Kier molecular flexibility index (Phi) is 2.62. The van der Waals surface area contributed by atoms with Gasteiger partial charge in [-0.05, 0) is 46.5 Å². The predicted molar refractivity (Wildman–Crippen MR) is 99.2 cm³/mol. The number of rotatable bonds is 1. The molecule has 0 aliphatic heterocycles. The molecule has 0 saturated carbocycles. The monoisotopic (exact) mass is 315 g/mol. The number of thiophene rings is 1. The maximum atomic E-state index is 5.31. The molecule has 0 spiro atoms. The molecule has 4 aromatic carbocycles. The zero-order chi connectivity index (χ0) is 15.4. The first-order chi connectivity index (χ1) is 11.3. The van der Waals surface area contributed by atoms with Gasteiger partial charge in [0.05, 0.1) is 0 Å². The van der Waals surface area contributed by atoms with Crippen molar-refractivity contribution in [3.63, 3.8) is 0 Å². The number of hydrogen-bond acceptors (Lipinski definition) is 3. The topological polar surface area (TPSA) is 35.2 Å². The summed E-state index contributed by atoms with van der Waals surface area (Å²) in [6.07, 6.45) is 0. The van der Waals surface area contributed by atoms with Gasteiger partial charge < -0.3 is 4.84 Å². The second-order valence-electron chi connectivity index (χ2n) is 5.74. The maximum Gasteiger partial charge on any atom is 0.147 e. The third kappa shape index (κ3) is 1.84. The standard InChI is InChI=1S/C20H13NOS/c21-22-15-6-8-19-18(11-15)16-7-5-14-9-12-3-1-2-4-13(12)10-17(14)20(16)23-19/h1-11H,21H2. The summed E-state index contributed by atoms with van der Waals surface area (Å²) >= 11 is 1.82. The molecule has 0 radical (unpaired) electrons. The van der Waals surface area contributed by atoms with Crippen LogP contribution in [0.5, 0.6) is 5.75 Å². The molecule has 3 heteroatoms. The Labute approximate surface area is 136 Å². The zero-order valence-electron chi connectivity index (χ0n) is 12.2. The van der Waals surface area contributed by atoms with Gasteiger partial charge in [0.2, 0.25) is 0 Å². The van der Waals surface area contributed by atoms with Crippen LogP contribution in [-0.2, 0) is 0 Å². The van der Waals surface area contributed by atoms with E-state index in [1.807, 2.05) is 23.5 Å². The fourth-order valence-electron chi connectivity index (χ4n) is 3.30. The van der Waals surface area contributed by atoms with Gasteiger partial charge in [0, 0.05) is 25.6 Å². The molecule has 0 aliphatic rings. The van der Waals surface area contributed by atoms with Crippen LogP contribution in [-0.4, -0.2) is 0 Å². The molecule has 1 heterocycles. The van der Waals surface area contributed by atoms with Crippen molar-refractivity contribution in [2.75, 3.05) is 0 Å². The van der Waals surface area contributed by atoms with Gasteiger partial charge in [0.25, 0.3) is 0 Å². The van der Waals surface area contributed by atoms with Crippen LogP contribution in [0.4, 0.5) is 0 Å². The number of nitrogens with two attached hydrogens (primary N) is 1. The lowest BCUT2D eigenvalue weighted by atomic mass is 10.0. The molecule has 1 aromatic heterocycles. The second-order valence-corrected chi connectivity index (χ2v) is 6.79. The lowest BCUT2D eigenvalue weighted by molar-refractivity contribution is 0.335. The Morgan fingerprint density at radius 1 is 0.696 bits per heavy atom. The van der Waals surface area contributed by atoms with Gasteiger partial charge >= 0.3 is 0 Å². The summed E-state index contributed by atoms with van der Waals surface area (Å²) in [6.45, 7) is 0. The van der Waals surface area contributed by atoms with Crippen LogP contribution in [0.15, 0.2) is 66.7 Å². The molecular weight excluding hydrogens is 302 g/mol. The summed E-state index contributed by atoms with van der Waals surface area (Å²) in [7, 11) is 0. The summed E-state index contributed by atoms with van der Waals surface area (Å²) in [5.74, 6) is 6.00. The molecule has 5 aromatic rings. The van der Waals surface area contributed by atoms with Gasteiger partial charge in [-0.25, -0.2) is 0 Å². The van der Waals surface area contributed by atoms with E-state index in [4.69, 9.17) is 10.7 Å². The summed E-state index contributed by atoms with van der Waals surface area (Å²) < 4.78 is 2.57. The largest absolute Gasteiger partial charge is 0.412 e. The van der Waals surface area contributed by atoms with E-state index in [-0.39, 0.29) is 0 Å². The van der Waals surface area contributed by atoms with Crippen LogP contribution in [0.25, 0.3) is 41.7 Å². The van der Waals surface area contributed by atoms with Crippen LogP contribution in [0.3, 0.4) is 0 Å². The third-order valence-electron chi connectivity index (χ3n) is 4.43. The molecule has 0 aliphatic carbocycles. The van der Waals surface area contributed by atoms with E-state index < -0.39 is 0 Å². The molecule has 5 rings (SSSR count). The number of fused-ring (bicyclic) bond motifs is 6. The Morgan fingerprint density at radius 3 is 2.35 bits per heavy atom. The molecule has 0 saturated heterocycles. The quantitative estimate of drug-likeness (QED) is 0.322. The smallest absolute Gasteiger partial charge is 0.147 e. The zero-order valence-corrected chi connectivity index (χ0v) is 13.1. The first-order valence-electron chi connectivity index (χ1n) is 7.48. The van der Waals surface area contributed by atoms with Gasteiger partial charge in [-0.15, -0.1) is 11.3 Å². The molecule has 110 valence electrons.